The molecule has 1 heterocycles. The zero-order chi connectivity index (χ0) is 20.6. The van der Waals surface area contributed by atoms with Crippen LogP contribution >= 0.6 is 23.2 Å². The fourth-order valence-electron chi connectivity index (χ4n) is 3.53. The number of aliphatic hydroxyl groups excluding tert-OH is 2. The quantitative estimate of drug-likeness (QED) is 0.671. The number of hydrogen-bond donors (Lipinski definition) is 3. The van der Waals surface area contributed by atoms with Gasteiger partial charge in [0.2, 0.25) is 0 Å². The van der Waals surface area contributed by atoms with Crippen molar-refractivity contribution in [2.75, 3.05) is 11.9 Å². The van der Waals surface area contributed by atoms with Crippen molar-refractivity contribution >= 4 is 34.8 Å². The maximum atomic E-state index is 13.2. The minimum atomic E-state index is -2.91. The Balaban J connectivity index is 2.03. The normalized spacial score (nSPS) is 18.5. The van der Waals surface area contributed by atoms with Gasteiger partial charge in [0.1, 0.15) is 16.3 Å². The molecular weight excluding hydrogens is 415 g/mol. The first-order valence-electron chi connectivity index (χ1n) is 8.36. The number of aliphatic hydroxyl groups is 2. The second-order valence-corrected chi connectivity index (χ2v) is 7.30. The minimum Gasteiger partial charge on any atom is -0.396 e. The molecule has 1 aliphatic carbocycles. The third-order valence-corrected chi connectivity index (χ3v) is 5.08. The lowest BCUT2D eigenvalue weighted by atomic mass is 9.93. The Morgan fingerprint density at radius 2 is 2.11 bits per heavy atom. The first-order chi connectivity index (χ1) is 13.3. The molecule has 2 aromatic rings. The summed E-state index contributed by atoms with van der Waals surface area (Å²) in [6.45, 7) is -0.207. The number of anilines is 1. The van der Waals surface area contributed by atoms with Crippen LogP contribution in [0.15, 0.2) is 34.5 Å². The summed E-state index contributed by atoms with van der Waals surface area (Å²) in [5, 5.41) is 26.2. The van der Waals surface area contributed by atoms with E-state index in [2.05, 4.69) is 10.4 Å². The van der Waals surface area contributed by atoms with Gasteiger partial charge in [-0.1, -0.05) is 35.3 Å². The van der Waals surface area contributed by atoms with E-state index in [0.29, 0.717) is 22.4 Å². The van der Waals surface area contributed by atoms with Crippen molar-refractivity contribution in [3.8, 4) is 0 Å². The maximum absolute atomic E-state index is 13.2. The number of halogens is 4. The van der Waals surface area contributed by atoms with Gasteiger partial charge in [-0.15, -0.1) is 0 Å². The van der Waals surface area contributed by atoms with Crippen molar-refractivity contribution in [3.05, 3.63) is 56.8 Å². The molecule has 0 saturated heterocycles. The molecule has 2 atom stereocenters. The Morgan fingerprint density at radius 3 is 2.71 bits per heavy atom. The van der Waals surface area contributed by atoms with Gasteiger partial charge in [0.25, 0.3) is 12.3 Å². The van der Waals surface area contributed by atoms with Crippen LogP contribution in [0.2, 0.25) is 0 Å². The van der Waals surface area contributed by atoms with Gasteiger partial charge in [-0.05, 0) is 23.6 Å². The van der Waals surface area contributed by atoms with E-state index in [-0.39, 0.29) is 23.1 Å². The Labute approximate surface area is 169 Å². The molecule has 0 fully saturated rings. The number of alkyl halides is 2. The van der Waals surface area contributed by atoms with Crippen LogP contribution < -0.4 is 5.32 Å². The molecule has 2 unspecified atom stereocenters. The number of amides is 1. The standard InChI is InChI=1S/C18H17Cl2F2N3O3/c1-25-7-10(14(24-25)17(21)22)18(28)23-11-4-2-3-9-12(11)8(5-6-26)13(15(9)27)16(19)20/h2-4,7-8,15,17,26-27H,5-6H2,1H3,(H,23,28). The van der Waals surface area contributed by atoms with E-state index < -0.39 is 30.0 Å². The third kappa shape index (κ3) is 3.65. The second kappa shape index (κ2) is 8.16. The lowest BCUT2D eigenvalue weighted by molar-refractivity contribution is 0.101. The smallest absolute Gasteiger partial charge is 0.282 e. The third-order valence-electron chi connectivity index (χ3n) is 4.65. The highest BCUT2D eigenvalue weighted by molar-refractivity contribution is 6.56. The van der Waals surface area contributed by atoms with Crippen LogP contribution in [-0.2, 0) is 7.05 Å². The highest BCUT2D eigenvalue weighted by Gasteiger charge is 2.38. The molecule has 1 aromatic carbocycles. The Bertz CT molecular complexity index is 942. The van der Waals surface area contributed by atoms with Crippen molar-refractivity contribution in [1.29, 1.82) is 0 Å². The van der Waals surface area contributed by atoms with Crippen molar-refractivity contribution < 1.29 is 23.8 Å². The molecule has 0 spiro atoms. The van der Waals surface area contributed by atoms with Crippen LogP contribution in [0.1, 0.15) is 52.0 Å². The average Bonchev–Trinajstić information content (AvgIpc) is 3.15. The molecule has 3 rings (SSSR count). The minimum absolute atomic E-state index is 0.119. The van der Waals surface area contributed by atoms with Crippen molar-refractivity contribution in [3.63, 3.8) is 0 Å². The number of aromatic nitrogens is 2. The fourth-order valence-corrected chi connectivity index (χ4v) is 4.00. The molecular formula is C18H17Cl2F2N3O3. The number of benzene rings is 1. The Hall–Kier alpha value is -2.00. The van der Waals surface area contributed by atoms with Crippen LogP contribution in [0.25, 0.3) is 0 Å². The molecule has 10 heteroatoms. The van der Waals surface area contributed by atoms with E-state index in [0.717, 1.165) is 4.68 Å². The van der Waals surface area contributed by atoms with Crippen LogP contribution in [0.4, 0.5) is 14.5 Å². The Morgan fingerprint density at radius 1 is 1.39 bits per heavy atom. The molecule has 28 heavy (non-hydrogen) atoms. The van der Waals surface area contributed by atoms with Gasteiger partial charge in [-0.2, -0.15) is 5.10 Å². The number of nitrogens with one attached hydrogen (secondary N) is 1. The molecule has 0 aliphatic heterocycles. The van der Waals surface area contributed by atoms with Crippen LogP contribution in [0.5, 0.6) is 0 Å². The second-order valence-electron chi connectivity index (χ2n) is 6.35. The van der Waals surface area contributed by atoms with Gasteiger partial charge in [0.15, 0.2) is 0 Å². The summed E-state index contributed by atoms with van der Waals surface area (Å²) in [4.78, 5) is 12.6. The van der Waals surface area contributed by atoms with E-state index in [4.69, 9.17) is 23.2 Å². The summed E-state index contributed by atoms with van der Waals surface area (Å²) in [5.41, 5.74) is 0.777. The Kier molecular flexibility index (Phi) is 6.04. The van der Waals surface area contributed by atoms with E-state index in [1.807, 2.05) is 0 Å². The molecule has 0 bridgehead atoms. The van der Waals surface area contributed by atoms with Crippen molar-refractivity contribution in [1.82, 2.24) is 9.78 Å². The summed E-state index contributed by atoms with van der Waals surface area (Å²) in [7, 11) is 1.44. The van der Waals surface area contributed by atoms with Gasteiger partial charge in [0.05, 0.1) is 5.56 Å². The highest BCUT2D eigenvalue weighted by atomic mass is 35.5. The van der Waals surface area contributed by atoms with Crippen molar-refractivity contribution in [2.45, 2.75) is 24.9 Å². The van der Waals surface area contributed by atoms with Crippen molar-refractivity contribution in [2.24, 2.45) is 7.05 Å². The number of carbonyl (C=O) groups excluding carboxylic acids is 1. The molecule has 0 radical (unpaired) electrons. The number of aryl methyl sites for hydroxylation is 1. The molecule has 1 amide bonds. The molecule has 3 N–H and O–H groups in total. The summed E-state index contributed by atoms with van der Waals surface area (Å²) in [6.07, 6.45) is -2.58. The van der Waals surface area contributed by atoms with Gasteiger partial charge in [-0.3, -0.25) is 9.48 Å². The number of hydrogen-bond acceptors (Lipinski definition) is 4. The number of nitrogens with zero attached hydrogens (tertiary/aromatic N) is 2. The average molecular weight is 432 g/mol. The molecule has 0 saturated carbocycles. The van der Waals surface area contributed by atoms with Gasteiger partial charge in [0, 0.05) is 37.0 Å². The molecule has 6 nitrogen and oxygen atoms in total. The summed E-state index contributed by atoms with van der Waals surface area (Å²) in [5.74, 6) is -1.29. The summed E-state index contributed by atoms with van der Waals surface area (Å²) in [6, 6.07) is 4.84. The van der Waals surface area contributed by atoms with Gasteiger partial charge >= 0.3 is 0 Å². The number of fused-ring (bicyclic) bond motifs is 1. The summed E-state index contributed by atoms with van der Waals surface area (Å²) < 4.78 is 27.3. The van der Waals surface area contributed by atoms with Crippen LogP contribution in [0, 0.1) is 0 Å². The SMILES string of the molecule is Cn1cc(C(=O)Nc2cccc3c2C(CCO)C(=C(Cl)Cl)C3O)c(C(F)F)n1. The predicted octanol–water partition coefficient (Wildman–Crippen LogP) is 3.81. The zero-order valence-electron chi connectivity index (χ0n) is 14.7. The molecule has 1 aliphatic rings. The van der Waals surface area contributed by atoms with Gasteiger partial charge in [-0.25, -0.2) is 8.78 Å². The molecule has 1 aromatic heterocycles. The topological polar surface area (TPSA) is 87.4 Å². The first kappa shape index (κ1) is 20.7. The lowest BCUT2D eigenvalue weighted by Gasteiger charge is -2.17. The zero-order valence-corrected chi connectivity index (χ0v) is 16.2. The first-order valence-corrected chi connectivity index (χ1v) is 9.11. The molecule has 150 valence electrons. The highest BCUT2D eigenvalue weighted by Crippen LogP contribution is 2.51. The largest absolute Gasteiger partial charge is 0.396 e. The number of carbonyl (C=O) groups is 1. The van der Waals surface area contributed by atoms with Crippen LogP contribution in [0.3, 0.4) is 0 Å². The predicted molar refractivity (Wildman–Crippen MR) is 101 cm³/mol. The van der Waals surface area contributed by atoms with E-state index in [1.165, 1.54) is 13.2 Å². The fraction of sp³-hybridized carbons (Fsp3) is 0.333. The lowest BCUT2D eigenvalue weighted by Crippen LogP contribution is -2.15. The maximum Gasteiger partial charge on any atom is 0.282 e. The van der Waals surface area contributed by atoms with E-state index >= 15 is 0 Å². The van der Waals surface area contributed by atoms with Gasteiger partial charge < -0.3 is 15.5 Å². The monoisotopic (exact) mass is 431 g/mol. The van der Waals surface area contributed by atoms with Crippen LogP contribution in [-0.4, -0.2) is 32.5 Å². The summed E-state index contributed by atoms with van der Waals surface area (Å²) >= 11 is 11.9. The van der Waals surface area contributed by atoms with E-state index in [9.17, 15) is 23.8 Å². The number of rotatable bonds is 5. The van der Waals surface area contributed by atoms with E-state index in [1.54, 1.807) is 18.2 Å².